The van der Waals surface area contributed by atoms with Crippen LogP contribution >= 0.6 is 0 Å². The van der Waals surface area contributed by atoms with Gasteiger partial charge in [0.15, 0.2) is 0 Å². The molecular formula is C16H14N2O5. The molecule has 2 aromatic rings. The van der Waals surface area contributed by atoms with E-state index in [1.54, 1.807) is 38.2 Å². The van der Waals surface area contributed by atoms with Crippen molar-refractivity contribution in [3.05, 3.63) is 67.6 Å². The highest BCUT2D eigenvalue weighted by Gasteiger charge is 2.35. The molecule has 0 aliphatic carbocycles. The Bertz CT molecular complexity index is 885. The number of esters is 1. The minimum atomic E-state index is -0.688. The van der Waals surface area contributed by atoms with E-state index in [2.05, 4.69) is 0 Å². The number of fused-ring (bicyclic) bond motifs is 1. The van der Waals surface area contributed by atoms with Crippen LogP contribution in [-0.2, 0) is 11.8 Å². The molecule has 1 aliphatic rings. The van der Waals surface area contributed by atoms with Crippen LogP contribution in [0.3, 0.4) is 0 Å². The maximum atomic E-state index is 12.6. The number of rotatable bonds is 2. The number of ether oxygens (including phenoxy) is 1. The normalized spacial score (nSPS) is 16.6. The molecule has 0 saturated heterocycles. The molecule has 0 radical (unpaired) electrons. The molecule has 0 bridgehead atoms. The summed E-state index contributed by atoms with van der Waals surface area (Å²) in [6, 6.07) is 7.76. The molecule has 3 rings (SSSR count). The SMILES string of the molecule is Cc1cc2c(c(=O)n1C)C(c1ccccc1[N+](=O)[O-])CC(=O)O2. The number of nitro groups is 1. The summed E-state index contributed by atoms with van der Waals surface area (Å²) in [7, 11) is 1.62. The van der Waals surface area contributed by atoms with Crippen molar-refractivity contribution in [1.82, 2.24) is 4.57 Å². The van der Waals surface area contributed by atoms with Gasteiger partial charge in [0.1, 0.15) is 5.75 Å². The van der Waals surface area contributed by atoms with Gasteiger partial charge in [0.2, 0.25) is 0 Å². The molecule has 23 heavy (non-hydrogen) atoms. The maximum Gasteiger partial charge on any atom is 0.312 e. The summed E-state index contributed by atoms with van der Waals surface area (Å²) in [5, 5.41) is 11.3. The predicted octanol–water partition coefficient (Wildman–Crippen LogP) is 2.04. The van der Waals surface area contributed by atoms with E-state index in [4.69, 9.17) is 4.74 Å². The third-order valence-electron chi connectivity index (χ3n) is 4.12. The third kappa shape index (κ3) is 2.40. The molecule has 1 aliphatic heterocycles. The topological polar surface area (TPSA) is 91.4 Å². The lowest BCUT2D eigenvalue weighted by molar-refractivity contribution is -0.385. The van der Waals surface area contributed by atoms with Crippen LogP contribution in [0.4, 0.5) is 5.69 Å². The van der Waals surface area contributed by atoms with E-state index in [0.29, 0.717) is 11.3 Å². The molecule has 1 aromatic carbocycles. The lowest BCUT2D eigenvalue weighted by atomic mass is 9.86. The second-order valence-electron chi connectivity index (χ2n) is 5.47. The molecule has 0 fully saturated rings. The maximum absolute atomic E-state index is 12.6. The van der Waals surface area contributed by atoms with Crippen molar-refractivity contribution in [2.75, 3.05) is 0 Å². The van der Waals surface area contributed by atoms with Crippen molar-refractivity contribution < 1.29 is 14.5 Å². The van der Waals surface area contributed by atoms with Crippen molar-refractivity contribution in [3.63, 3.8) is 0 Å². The molecule has 0 N–H and O–H groups in total. The molecule has 7 heteroatoms. The van der Waals surface area contributed by atoms with Gasteiger partial charge in [-0.15, -0.1) is 0 Å². The van der Waals surface area contributed by atoms with Gasteiger partial charge in [-0.2, -0.15) is 0 Å². The number of carbonyl (C=O) groups is 1. The second-order valence-corrected chi connectivity index (χ2v) is 5.47. The van der Waals surface area contributed by atoms with Gasteiger partial charge in [-0.25, -0.2) is 0 Å². The van der Waals surface area contributed by atoms with Crippen molar-refractivity contribution in [2.24, 2.45) is 7.05 Å². The molecule has 118 valence electrons. The van der Waals surface area contributed by atoms with E-state index < -0.39 is 16.8 Å². The van der Waals surface area contributed by atoms with Crippen LogP contribution in [0.5, 0.6) is 5.75 Å². The van der Waals surface area contributed by atoms with Crippen LogP contribution in [0.25, 0.3) is 0 Å². The molecule has 0 saturated carbocycles. The highest BCUT2D eigenvalue weighted by molar-refractivity contribution is 5.78. The molecule has 7 nitrogen and oxygen atoms in total. The van der Waals surface area contributed by atoms with Crippen molar-refractivity contribution >= 4 is 11.7 Å². The Morgan fingerprint density at radius 1 is 1.30 bits per heavy atom. The fourth-order valence-electron chi connectivity index (χ4n) is 2.86. The second kappa shape index (κ2) is 5.35. The number of hydrogen-bond acceptors (Lipinski definition) is 5. The van der Waals surface area contributed by atoms with E-state index in [1.165, 1.54) is 10.6 Å². The predicted molar refractivity (Wildman–Crippen MR) is 81.6 cm³/mol. The standard InChI is InChI=1S/C16H14N2O5/c1-9-7-13-15(16(20)17(9)2)11(8-14(19)23-13)10-5-3-4-6-12(10)18(21)22/h3-7,11H,8H2,1-2H3. The van der Waals surface area contributed by atoms with E-state index in [0.717, 1.165) is 0 Å². The summed E-state index contributed by atoms with van der Waals surface area (Å²) in [6.45, 7) is 1.73. The van der Waals surface area contributed by atoms with E-state index >= 15 is 0 Å². The monoisotopic (exact) mass is 314 g/mol. The highest BCUT2D eigenvalue weighted by Crippen LogP contribution is 2.40. The average Bonchev–Trinajstić information content (AvgIpc) is 2.51. The third-order valence-corrected chi connectivity index (χ3v) is 4.12. The number of benzene rings is 1. The Labute approximate surface area is 131 Å². The summed E-state index contributed by atoms with van der Waals surface area (Å²) in [5.74, 6) is -1.01. The zero-order chi connectivity index (χ0) is 16.7. The van der Waals surface area contributed by atoms with Gasteiger partial charge >= 0.3 is 5.97 Å². The summed E-state index contributed by atoms with van der Waals surface area (Å²) in [5.41, 5.74) is 0.851. The van der Waals surface area contributed by atoms with Crippen LogP contribution in [-0.4, -0.2) is 15.5 Å². The van der Waals surface area contributed by atoms with Gasteiger partial charge in [0.05, 0.1) is 16.9 Å². The molecule has 2 heterocycles. The fourth-order valence-corrected chi connectivity index (χ4v) is 2.86. The van der Waals surface area contributed by atoms with E-state index in [9.17, 15) is 19.7 Å². The number of nitro benzene ring substituents is 1. The molecule has 1 unspecified atom stereocenters. The molecule has 1 aromatic heterocycles. The number of aromatic nitrogens is 1. The van der Waals surface area contributed by atoms with Crippen LogP contribution in [0.15, 0.2) is 35.1 Å². The molecule has 0 spiro atoms. The fraction of sp³-hybridized carbons (Fsp3) is 0.250. The smallest absolute Gasteiger partial charge is 0.312 e. The summed E-state index contributed by atoms with van der Waals surface area (Å²) in [6.07, 6.45) is -0.101. The van der Waals surface area contributed by atoms with Gasteiger partial charge in [-0.3, -0.25) is 19.7 Å². The Morgan fingerprint density at radius 2 is 2.00 bits per heavy atom. The number of nitrogens with zero attached hydrogens (tertiary/aromatic N) is 2. The quantitative estimate of drug-likeness (QED) is 0.480. The molecule has 1 atom stereocenters. The molecule has 0 amide bonds. The Balaban J connectivity index is 2.29. The van der Waals surface area contributed by atoms with Gasteiger partial charge in [0.25, 0.3) is 11.2 Å². The first kappa shape index (κ1) is 15.0. The number of para-hydroxylation sites is 1. The van der Waals surface area contributed by atoms with Gasteiger partial charge in [-0.05, 0) is 6.92 Å². The van der Waals surface area contributed by atoms with Crippen LogP contribution < -0.4 is 10.3 Å². The minimum absolute atomic E-state index is 0.101. The van der Waals surface area contributed by atoms with E-state index in [1.807, 2.05) is 0 Å². The largest absolute Gasteiger partial charge is 0.426 e. The summed E-state index contributed by atoms with van der Waals surface area (Å²) in [4.78, 5) is 35.3. The lowest BCUT2D eigenvalue weighted by Gasteiger charge is -2.25. The van der Waals surface area contributed by atoms with Crippen LogP contribution in [0.1, 0.15) is 29.2 Å². The number of pyridine rings is 1. The zero-order valence-corrected chi connectivity index (χ0v) is 12.6. The van der Waals surface area contributed by atoms with Crippen LogP contribution in [0, 0.1) is 17.0 Å². The first-order chi connectivity index (χ1) is 10.9. The van der Waals surface area contributed by atoms with Crippen molar-refractivity contribution in [3.8, 4) is 5.75 Å². The highest BCUT2D eigenvalue weighted by atomic mass is 16.6. The average molecular weight is 314 g/mol. The summed E-state index contributed by atoms with van der Waals surface area (Å²) < 4.78 is 6.62. The number of aryl methyl sites for hydroxylation is 1. The Kier molecular flexibility index (Phi) is 3.48. The number of carbonyl (C=O) groups excluding carboxylic acids is 1. The van der Waals surface area contributed by atoms with Crippen molar-refractivity contribution in [2.45, 2.75) is 19.3 Å². The summed E-state index contributed by atoms with van der Waals surface area (Å²) >= 11 is 0. The Morgan fingerprint density at radius 3 is 2.70 bits per heavy atom. The Hall–Kier alpha value is -2.96. The molecular weight excluding hydrogens is 300 g/mol. The first-order valence-corrected chi connectivity index (χ1v) is 7.04. The van der Waals surface area contributed by atoms with Gasteiger partial charge < -0.3 is 9.30 Å². The van der Waals surface area contributed by atoms with Crippen LogP contribution in [0.2, 0.25) is 0 Å². The van der Waals surface area contributed by atoms with Gasteiger partial charge in [0, 0.05) is 36.4 Å². The number of hydrogen-bond donors (Lipinski definition) is 0. The van der Waals surface area contributed by atoms with Gasteiger partial charge in [-0.1, -0.05) is 18.2 Å². The van der Waals surface area contributed by atoms with E-state index in [-0.39, 0.29) is 29.0 Å². The minimum Gasteiger partial charge on any atom is -0.426 e. The lowest BCUT2D eigenvalue weighted by Crippen LogP contribution is -2.32. The zero-order valence-electron chi connectivity index (χ0n) is 12.6. The van der Waals surface area contributed by atoms with Crippen molar-refractivity contribution in [1.29, 1.82) is 0 Å². The first-order valence-electron chi connectivity index (χ1n) is 7.04.